The van der Waals surface area contributed by atoms with Crippen LogP contribution >= 0.6 is 0 Å². The van der Waals surface area contributed by atoms with Crippen LogP contribution in [0.2, 0.25) is 0 Å². The van der Waals surface area contributed by atoms with Gasteiger partial charge in [-0.15, -0.1) is 0 Å². The number of carbonyl (C=O) groups is 1. The molecule has 2 aromatic carbocycles. The van der Waals surface area contributed by atoms with Crippen molar-refractivity contribution in [3.8, 4) is 0 Å². The van der Waals surface area contributed by atoms with Crippen LogP contribution in [0.25, 0.3) is 0 Å². The molecule has 0 unspecified atom stereocenters. The van der Waals surface area contributed by atoms with Crippen molar-refractivity contribution in [3.63, 3.8) is 0 Å². The van der Waals surface area contributed by atoms with Gasteiger partial charge in [0, 0.05) is 21.0 Å². The highest BCUT2D eigenvalue weighted by molar-refractivity contribution is 7.91. The molecule has 112 valence electrons. The van der Waals surface area contributed by atoms with Crippen LogP contribution in [-0.2, 0) is 14.6 Å². The van der Waals surface area contributed by atoms with Crippen molar-refractivity contribution in [3.05, 3.63) is 60.7 Å². The fourth-order valence-corrected chi connectivity index (χ4v) is 2.64. The average Bonchev–Trinajstić information content (AvgIpc) is 2.49. The van der Waals surface area contributed by atoms with Crippen molar-refractivity contribution in [1.29, 1.82) is 0 Å². The second-order valence-electron chi connectivity index (χ2n) is 4.54. The topological polar surface area (TPSA) is 54.5 Å². The van der Waals surface area contributed by atoms with Crippen molar-refractivity contribution >= 4 is 15.7 Å². The van der Waals surface area contributed by atoms with Crippen molar-refractivity contribution < 1.29 is 13.2 Å². The minimum Gasteiger partial charge on any atom is -0.349 e. The lowest BCUT2D eigenvalue weighted by Gasteiger charge is -2.03. The van der Waals surface area contributed by atoms with Gasteiger partial charge in [0.1, 0.15) is 0 Å². The standard InChI is InChI=1S/C12H10O2S.C4H9NO/c13-15(14,11-7-3-1-4-8-11)12-9-5-2-6-10-12;1-4(6)5(2)3/h1-10H;1-3H3. The van der Waals surface area contributed by atoms with Crippen LogP contribution in [-0.4, -0.2) is 33.3 Å². The first-order chi connectivity index (χ1) is 9.85. The Morgan fingerprint density at radius 3 is 1.33 bits per heavy atom. The summed E-state index contributed by atoms with van der Waals surface area (Å²) in [4.78, 5) is 12.3. The van der Waals surface area contributed by atoms with E-state index >= 15 is 0 Å². The maximum Gasteiger partial charge on any atom is 0.218 e. The smallest absolute Gasteiger partial charge is 0.218 e. The Morgan fingerprint density at radius 2 is 1.10 bits per heavy atom. The molecule has 0 atom stereocenters. The highest BCUT2D eigenvalue weighted by atomic mass is 32.2. The number of amides is 1. The fourth-order valence-electron chi connectivity index (χ4n) is 1.34. The lowest BCUT2D eigenvalue weighted by atomic mass is 10.4. The van der Waals surface area contributed by atoms with Gasteiger partial charge in [-0.05, 0) is 24.3 Å². The van der Waals surface area contributed by atoms with E-state index in [0.29, 0.717) is 9.79 Å². The summed E-state index contributed by atoms with van der Waals surface area (Å²) in [5.74, 6) is 0.0926. The first-order valence-electron chi connectivity index (χ1n) is 6.39. The van der Waals surface area contributed by atoms with Gasteiger partial charge in [0.05, 0.1) is 9.79 Å². The van der Waals surface area contributed by atoms with Gasteiger partial charge in [-0.25, -0.2) is 8.42 Å². The van der Waals surface area contributed by atoms with Gasteiger partial charge in [-0.1, -0.05) is 36.4 Å². The van der Waals surface area contributed by atoms with E-state index in [4.69, 9.17) is 0 Å². The molecular formula is C16H19NO3S. The van der Waals surface area contributed by atoms with E-state index in [9.17, 15) is 13.2 Å². The Morgan fingerprint density at radius 1 is 0.810 bits per heavy atom. The molecule has 0 N–H and O–H groups in total. The molecule has 1 amide bonds. The number of rotatable bonds is 2. The van der Waals surface area contributed by atoms with Gasteiger partial charge in [0.25, 0.3) is 0 Å². The SMILES string of the molecule is CC(=O)N(C)C.O=S(=O)(c1ccccc1)c1ccccc1. The maximum atomic E-state index is 12.0. The molecule has 0 aliphatic carbocycles. The lowest BCUT2D eigenvalue weighted by Crippen LogP contribution is -2.17. The summed E-state index contributed by atoms with van der Waals surface area (Å²) in [6.07, 6.45) is 0. The zero-order valence-corrected chi connectivity index (χ0v) is 13.2. The van der Waals surface area contributed by atoms with Crippen molar-refractivity contribution in [2.24, 2.45) is 0 Å². The van der Waals surface area contributed by atoms with Gasteiger partial charge in [-0.2, -0.15) is 0 Å². The zero-order valence-electron chi connectivity index (χ0n) is 12.4. The van der Waals surface area contributed by atoms with Crippen LogP contribution in [0.15, 0.2) is 70.5 Å². The highest BCUT2D eigenvalue weighted by Gasteiger charge is 2.15. The predicted molar refractivity (Wildman–Crippen MR) is 82.7 cm³/mol. The number of hydrogen-bond donors (Lipinski definition) is 0. The van der Waals surface area contributed by atoms with Gasteiger partial charge in [0.15, 0.2) is 0 Å². The van der Waals surface area contributed by atoms with Crippen molar-refractivity contribution in [2.75, 3.05) is 14.1 Å². The second kappa shape index (κ2) is 7.59. The Hall–Kier alpha value is -2.14. The van der Waals surface area contributed by atoms with Gasteiger partial charge in [0.2, 0.25) is 15.7 Å². The maximum absolute atomic E-state index is 12.0. The van der Waals surface area contributed by atoms with Gasteiger partial charge in [-0.3, -0.25) is 4.79 Å². The molecule has 0 aromatic heterocycles. The highest BCUT2D eigenvalue weighted by Crippen LogP contribution is 2.19. The Bertz CT molecular complexity index is 620. The summed E-state index contributed by atoms with van der Waals surface area (Å²) in [5.41, 5.74) is 0. The largest absolute Gasteiger partial charge is 0.349 e. The van der Waals surface area contributed by atoms with Crippen LogP contribution in [0.3, 0.4) is 0 Å². The normalized spacial score (nSPS) is 10.2. The van der Waals surface area contributed by atoms with E-state index in [-0.39, 0.29) is 5.91 Å². The Labute approximate surface area is 126 Å². The van der Waals surface area contributed by atoms with Crippen LogP contribution in [0.1, 0.15) is 6.92 Å². The van der Waals surface area contributed by atoms with Crippen molar-refractivity contribution in [1.82, 2.24) is 4.90 Å². The summed E-state index contributed by atoms with van der Waals surface area (Å²) in [5, 5.41) is 0. The third-order valence-electron chi connectivity index (χ3n) is 2.74. The molecule has 0 fully saturated rings. The molecule has 2 aromatic rings. The van der Waals surface area contributed by atoms with E-state index in [1.165, 1.54) is 11.8 Å². The van der Waals surface area contributed by atoms with Crippen molar-refractivity contribution in [2.45, 2.75) is 16.7 Å². The summed E-state index contributed by atoms with van der Waals surface area (Å²) in [6, 6.07) is 16.9. The van der Waals surface area contributed by atoms with Crippen LogP contribution < -0.4 is 0 Å². The van der Waals surface area contributed by atoms with E-state index in [1.54, 1.807) is 74.8 Å². The van der Waals surface area contributed by atoms with E-state index in [0.717, 1.165) is 0 Å². The molecule has 0 heterocycles. The summed E-state index contributed by atoms with van der Waals surface area (Å²) in [7, 11) is 0.110. The lowest BCUT2D eigenvalue weighted by molar-refractivity contribution is -0.126. The number of hydrogen-bond acceptors (Lipinski definition) is 3. The van der Waals surface area contributed by atoms with Crippen LogP contribution in [0.4, 0.5) is 0 Å². The fraction of sp³-hybridized carbons (Fsp3) is 0.188. The molecule has 0 spiro atoms. The third-order valence-corrected chi connectivity index (χ3v) is 4.52. The third kappa shape index (κ3) is 5.04. The quantitative estimate of drug-likeness (QED) is 0.857. The van der Waals surface area contributed by atoms with E-state index in [2.05, 4.69) is 0 Å². The summed E-state index contributed by atoms with van der Waals surface area (Å²) in [6.45, 7) is 1.53. The molecule has 0 bridgehead atoms. The number of sulfone groups is 1. The molecule has 0 radical (unpaired) electrons. The average molecular weight is 305 g/mol. The Kier molecular flexibility index (Phi) is 6.11. The molecular weight excluding hydrogens is 286 g/mol. The Balaban J connectivity index is 0.000000315. The van der Waals surface area contributed by atoms with E-state index < -0.39 is 9.84 Å². The predicted octanol–water partition coefficient (Wildman–Crippen LogP) is 2.61. The molecule has 0 saturated carbocycles. The number of carbonyl (C=O) groups excluding carboxylic acids is 1. The first-order valence-corrected chi connectivity index (χ1v) is 7.87. The minimum absolute atomic E-state index is 0.0926. The monoisotopic (exact) mass is 305 g/mol. The molecule has 2 rings (SSSR count). The number of nitrogens with zero attached hydrogens (tertiary/aromatic N) is 1. The van der Waals surface area contributed by atoms with Crippen LogP contribution in [0, 0.1) is 0 Å². The van der Waals surface area contributed by atoms with E-state index in [1.807, 2.05) is 0 Å². The molecule has 5 heteroatoms. The molecule has 21 heavy (non-hydrogen) atoms. The first kappa shape index (κ1) is 16.9. The van der Waals surface area contributed by atoms with Gasteiger partial charge >= 0.3 is 0 Å². The second-order valence-corrected chi connectivity index (χ2v) is 6.49. The van der Waals surface area contributed by atoms with Crippen LogP contribution in [0.5, 0.6) is 0 Å². The molecule has 0 saturated heterocycles. The van der Waals surface area contributed by atoms with Gasteiger partial charge < -0.3 is 4.90 Å². The summed E-state index contributed by atoms with van der Waals surface area (Å²) < 4.78 is 24.1. The molecule has 4 nitrogen and oxygen atoms in total. The molecule has 0 aliphatic heterocycles. The molecule has 0 aliphatic rings. The zero-order chi connectivity index (χ0) is 15.9. The number of benzene rings is 2. The summed E-state index contributed by atoms with van der Waals surface area (Å²) >= 11 is 0. The minimum atomic E-state index is -3.34.